The van der Waals surface area contributed by atoms with Crippen LogP contribution in [-0.4, -0.2) is 26.5 Å². The van der Waals surface area contributed by atoms with Gasteiger partial charge in [-0.3, -0.25) is 19.7 Å². The van der Waals surface area contributed by atoms with Crippen molar-refractivity contribution in [3.63, 3.8) is 0 Å². The van der Waals surface area contributed by atoms with Crippen molar-refractivity contribution >= 4 is 28.9 Å². The summed E-state index contributed by atoms with van der Waals surface area (Å²) in [6.45, 7) is 1.79. The number of hydrogen-bond donors (Lipinski definition) is 2. The first kappa shape index (κ1) is 21.4. The van der Waals surface area contributed by atoms with E-state index in [9.17, 15) is 19.7 Å². The summed E-state index contributed by atoms with van der Waals surface area (Å²) in [6.07, 6.45) is 1.55. The highest BCUT2D eigenvalue weighted by Crippen LogP contribution is 2.24. The van der Waals surface area contributed by atoms with Crippen LogP contribution in [0, 0.1) is 17.0 Å². The highest BCUT2D eigenvalue weighted by atomic mass is 16.6. The predicted octanol–water partition coefficient (Wildman–Crippen LogP) is 4.59. The molecule has 0 atom stereocenters. The minimum absolute atomic E-state index is 0.0704. The van der Waals surface area contributed by atoms with E-state index in [-0.39, 0.29) is 17.3 Å². The molecule has 0 aliphatic heterocycles. The number of nitrogens with zero attached hydrogens (tertiary/aromatic N) is 3. The molecule has 0 unspecified atom stereocenters. The third-order valence-electron chi connectivity index (χ3n) is 4.99. The van der Waals surface area contributed by atoms with Crippen LogP contribution in [0.1, 0.15) is 26.4 Å². The molecule has 0 aliphatic rings. The number of benzene rings is 3. The summed E-state index contributed by atoms with van der Waals surface area (Å²) in [6, 6.07) is 21.5. The number of nitrogens with one attached hydrogen (secondary N) is 2. The van der Waals surface area contributed by atoms with Gasteiger partial charge in [0.15, 0.2) is 5.69 Å². The van der Waals surface area contributed by atoms with Crippen molar-refractivity contribution in [1.29, 1.82) is 0 Å². The number of anilines is 2. The average Bonchev–Trinajstić information content (AvgIpc) is 3.33. The molecule has 164 valence electrons. The maximum absolute atomic E-state index is 12.8. The summed E-state index contributed by atoms with van der Waals surface area (Å²) in [5.41, 5.74) is 2.84. The fourth-order valence-corrected chi connectivity index (χ4v) is 3.21. The Labute approximate surface area is 188 Å². The largest absolute Gasteiger partial charge is 0.322 e. The van der Waals surface area contributed by atoms with Gasteiger partial charge in [0.2, 0.25) is 0 Å². The number of carbonyl (C=O) groups excluding carboxylic acids is 2. The summed E-state index contributed by atoms with van der Waals surface area (Å²) >= 11 is 0. The van der Waals surface area contributed by atoms with Gasteiger partial charge in [-0.15, -0.1) is 0 Å². The maximum atomic E-state index is 12.8. The fraction of sp³-hybridized carbons (Fsp3) is 0.0417. The lowest BCUT2D eigenvalue weighted by atomic mass is 10.1. The lowest BCUT2D eigenvalue weighted by Crippen LogP contribution is -2.16. The zero-order valence-corrected chi connectivity index (χ0v) is 17.6. The molecule has 0 radical (unpaired) electrons. The SMILES string of the molecule is Cc1c(NC(=O)c2ccccc2)cccc1NC(=O)c1ccn(-c2cccc([N+](=O)[O-])c2)n1. The van der Waals surface area contributed by atoms with Crippen LogP contribution in [-0.2, 0) is 0 Å². The van der Waals surface area contributed by atoms with Gasteiger partial charge in [0.25, 0.3) is 17.5 Å². The van der Waals surface area contributed by atoms with E-state index >= 15 is 0 Å². The van der Waals surface area contributed by atoms with Crippen molar-refractivity contribution in [3.8, 4) is 5.69 Å². The second-order valence-electron chi connectivity index (χ2n) is 7.17. The molecule has 1 aromatic heterocycles. The Morgan fingerprint density at radius 3 is 2.24 bits per heavy atom. The summed E-state index contributed by atoms with van der Waals surface area (Å²) in [5.74, 6) is -0.702. The molecule has 2 N–H and O–H groups in total. The van der Waals surface area contributed by atoms with E-state index in [4.69, 9.17) is 0 Å². The van der Waals surface area contributed by atoms with Crippen molar-refractivity contribution in [2.24, 2.45) is 0 Å². The molecule has 1 heterocycles. The standard InChI is InChI=1S/C24H19N5O4/c1-16-20(25-23(30)17-7-3-2-4-8-17)11-6-12-21(16)26-24(31)22-13-14-28(27-22)18-9-5-10-19(15-18)29(32)33/h2-15H,1H3,(H,25,30)(H,26,31). The Hall–Kier alpha value is -4.79. The molecule has 0 saturated heterocycles. The molecule has 0 spiro atoms. The zero-order valence-electron chi connectivity index (χ0n) is 17.6. The predicted molar refractivity (Wildman–Crippen MR) is 124 cm³/mol. The fourth-order valence-electron chi connectivity index (χ4n) is 3.21. The van der Waals surface area contributed by atoms with Crippen molar-refractivity contribution in [2.45, 2.75) is 6.92 Å². The highest BCUT2D eigenvalue weighted by molar-refractivity contribution is 6.06. The van der Waals surface area contributed by atoms with Crippen LogP contribution in [0.15, 0.2) is 85.1 Å². The van der Waals surface area contributed by atoms with E-state index in [2.05, 4.69) is 15.7 Å². The van der Waals surface area contributed by atoms with Gasteiger partial charge in [-0.25, -0.2) is 4.68 Å². The quantitative estimate of drug-likeness (QED) is 0.335. The van der Waals surface area contributed by atoms with Crippen LogP contribution in [0.4, 0.5) is 17.1 Å². The minimum atomic E-state index is -0.493. The van der Waals surface area contributed by atoms with Crippen LogP contribution in [0.2, 0.25) is 0 Å². The Morgan fingerprint density at radius 1 is 0.879 bits per heavy atom. The average molecular weight is 441 g/mol. The van der Waals surface area contributed by atoms with Gasteiger partial charge in [0.1, 0.15) is 0 Å². The molecule has 9 nitrogen and oxygen atoms in total. The van der Waals surface area contributed by atoms with Gasteiger partial charge >= 0.3 is 0 Å². The third kappa shape index (κ3) is 4.77. The Balaban J connectivity index is 1.50. The molecule has 33 heavy (non-hydrogen) atoms. The smallest absolute Gasteiger partial charge is 0.276 e. The molecule has 4 rings (SSSR count). The molecule has 3 aromatic carbocycles. The van der Waals surface area contributed by atoms with E-state index in [1.54, 1.807) is 67.7 Å². The third-order valence-corrected chi connectivity index (χ3v) is 4.99. The van der Waals surface area contributed by atoms with Crippen LogP contribution in [0.5, 0.6) is 0 Å². The molecule has 0 bridgehead atoms. The van der Waals surface area contributed by atoms with Gasteiger partial charge in [0, 0.05) is 35.3 Å². The summed E-state index contributed by atoms with van der Waals surface area (Å²) in [4.78, 5) is 35.7. The van der Waals surface area contributed by atoms with Crippen LogP contribution in [0.3, 0.4) is 0 Å². The second kappa shape index (κ2) is 9.15. The monoisotopic (exact) mass is 441 g/mol. The Bertz CT molecular complexity index is 1350. The lowest BCUT2D eigenvalue weighted by Gasteiger charge is -2.13. The number of carbonyl (C=O) groups is 2. The molecule has 4 aromatic rings. The molecule has 0 saturated carbocycles. The summed E-state index contributed by atoms with van der Waals surface area (Å²) in [7, 11) is 0. The van der Waals surface area contributed by atoms with Crippen molar-refractivity contribution < 1.29 is 14.5 Å². The minimum Gasteiger partial charge on any atom is -0.322 e. The Morgan fingerprint density at radius 2 is 1.55 bits per heavy atom. The van der Waals surface area contributed by atoms with Crippen LogP contribution in [0.25, 0.3) is 5.69 Å². The van der Waals surface area contributed by atoms with Crippen molar-refractivity contribution in [1.82, 2.24) is 9.78 Å². The number of nitro benzene ring substituents is 1. The first-order valence-corrected chi connectivity index (χ1v) is 10.0. The van der Waals surface area contributed by atoms with Gasteiger partial charge < -0.3 is 10.6 Å². The van der Waals surface area contributed by atoms with Crippen LogP contribution < -0.4 is 10.6 Å². The summed E-state index contributed by atoms with van der Waals surface area (Å²) < 4.78 is 1.39. The number of nitro groups is 1. The number of aromatic nitrogens is 2. The van der Waals surface area contributed by atoms with Gasteiger partial charge in [-0.1, -0.05) is 30.3 Å². The molecule has 0 fully saturated rings. The van der Waals surface area contributed by atoms with E-state index in [0.29, 0.717) is 28.2 Å². The van der Waals surface area contributed by atoms with Gasteiger partial charge in [-0.2, -0.15) is 5.10 Å². The van der Waals surface area contributed by atoms with Crippen molar-refractivity contribution in [2.75, 3.05) is 10.6 Å². The molecular formula is C24H19N5O4. The first-order valence-electron chi connectivity index (χ1n) is 10.0. The second-order valence-corrected chi connectivity index (χ2v) is 7.17. The highest BCUT2D eigenvalue weighted by Gasteiger charge is 2.15. The number of amides is 2. The first-order chi connectivity index (χ1) is 15.9. The number of hydrogen-bond acceptors (Lipinski definition) is 5. The molecule has 9 heteroatoms. The number of rotatable bonds is 6. The van der Waals surface area contributed by atoms with E-state index in [1.165, 1.54) is 22.9 Å². The normalized spacial score (nSPS) is 10.5. The van der Waals surface area contributed by atoms with Gasteiger partial charge in [-0.05, 0) is 48.9 Å². The lowest BCUT2D eigenvalue weighted by molar-refractivity contribution is -0.384. The van der Waals surface area contributed by atoms with Gasteiger partial charge in [0.05, 0.1) is 10.6 Å². The van der Waals surface area contributed by atoms with E-state index < -0.39 is 10.8 Å². The molecule has 0 aliphatic carbocycles. The Kier molecular flexibility index (Phi) is 5.94. The molecular weight excluding hydrogens is 422 g/mol. The topological polar surface area (TPSA) is 119 Å². The van der Waals surface area contributed by atoms with E-state index in [1.807, 2.05) is 6.07 Å². The van der Waals surface area contributed by atoms with E-state index in [0.717, 1.165) is 0 Å². The maximum Gasteiger partial charge on any atom is 0.276 e. The molecule has 2 amide bonds. The zero-order chi connectivity index (χ0) is 23.4. The number of non-ortho nitro benzene ring substituents is 1. The summed E-state index contributed by atoms with van der Waals surface area (Å²) in [5, 5.41) is 20.9. The van der Waals surface area contributed by atoms with Crippen LogP contribution >= 0.6 is 0 Å². The van der Waals surface area contributed by atoms with Crippen molar-refractivity contribution in [3.05, 3.63) is 112 Å².